The van der Waals surface area contributed by atoms with E-state index in [1.165, 1.54) is 4.90 Å². The molecule has 3 atom stereocenters. The average Bonchev–Trinajstić information content (AvgIpc) is 3.04. The van der Waals surface area contributed by atoms with Gasteiger partial charge in [-0.3, -0.25) is 19.4 Å². The monoisotopic (exact) mass is 405 g/mol. The van der Waals surface area contributed by atoms with E-state index in [2.05, 4.69) is 10.3 Å². The largest absolute Gasteiger partial charge is 0.504 e. The third-order valence-corrected chi connectivity index (χ3v) is 5.08. The van der Waals surface area contributed by atoms with Gasteiger partial charge in [0.25, 0.3) is 17.6 Å². The van der Waals surface area contributed by atoms with Gasteiger partial charge in [-0.2, -0.15) is 0 Å². The summed E-state index contributed by atoms with van der Waals surface area (Å²) < 4.78 is 32.3. The number of aliphatic hydroxyl groups is 1. The normalized spacial score (nSPS) is 26.2. The van der Waals surface area contributed by atoms with Crippen LogP contribution in [0.2, 0.25) is 0 Å². The summed E-state index contributed by atoms with van der Waals surface area (Å²) in [7, 11) is 0. The number of carbonyl (C=O) groups is 3. The van der Waals surface area contributed by atoms with Crippen LogP contribution in [0.4, 0.5) is 8.78 Å². The van der Waals surface area contributed by atoms with E-state index in [-0.39, 0.29) is 30.2 Å². The van der Waals surface area contributed by atoms with Crippen LogP contribution in [0.3, 0.4) is 0 Å². The maximum Gasteiger partial charge on any atom is 0.273 e. The fourth-order valence-electron chi connectivity index (χ4n) is 3.69. The lowest BCUT2D eigenvalue weighted by molar-refractivity contribution is -0.136. The number of allylic oxidation sites excluding steroid dienone is 1. The maximum atomic E-state index is 13.7. The number of aliphatic imine (C=N–C) groups is 1. The fourth-order valence-corrected chi connectivity index (χ4v) is 3.69. The first-order valence-corrected chi connectivity index (χ1v) is 9.00. The molecule has 10 heteroatoms. The minimum Gasteiger partial charge on any atom is -0.504 e. The number of ketones is 1. The van der Waals surface area contributed by atoms with Crippen molar-refractivity contribution in [3.05, 3.63) is 46.7 Å². The number of hydrogen-bond acceptors (Lipinski definition) is 6. The van der Waals surface area contributed by atoms with Crippen LogP contribution in [-0.4, -0.2) is 58.2 Å². The number of Topliss-reactive ketones (excluding diaryl/α,β-unsaturated/α-hetero) is 1. The predicted octanol–water partition coefficient (Wildman–Crippen LogP) is 0.762. The Morgan fingerprint density at radius 1 is 1.38 bits per heavy atom. The van der Waals surface area contributed by atoms with Gasteiger partial charge in [0, 0.05) is 31.1 Å². The van der Waals surface area contributed by atoms with E-state index in [4.69, 9.17) is 4.74 Å². The number of nitrogens with zero attached hydrogens (tertiary/aromatic N) is 2. The molecule has 1 aromatic carbocycles. The highest BCUT2D eigenvalue weighted by atomic mass is 19.1. The van der Waals surface area contributed by atoms with Crippen LogP contribution >= 0.6 is 0 Å². The topological polar surface area (TPSA) is 108 Å². The van der Waals surface area contributed by atoms with Crippen LogP contribution in [0.1, 0.15) is 18.9 Å². The molecular formula is C19H17F2N3O5. The van der Waals surface area contributed by atoms with Crippen LogP contribution in [0.15, 0.2) is 34.5 Å². The second-order valence-electron chi connectivity index (χ2n) is 7.10. The standard InChI is InChI=1S/C19H17F2N3O5/c1-8-7-24-13(29-8)5-12-14(19(24)28)16(25)17(26)15(23-12)18(27)22-6-9-2-3-10(20)4-11(9)21/h2-4,8,12-13,25H,5-7H2,1H3,(H,22,27)/t8-,12?,13?/m1/s1. The molecule has 3 aliphatic heterocycles. The summed E-state index contributed by atoms with van der Waals surface area (Å²) in [6, 6.07) is 1.98. The summed E-state index contributed by atoms with van der Waals surface area (Å²) in [5.41, 5.74) is -0.711. The van der Waals surface area contributed by atoms with Gasteiger partial charge in [0.1, 0.15) is 17.9 Å². The summed E-state index contributed by atoms with van der Waals surface area (Å²) in [5, 5.41) is 12.6. The summed E-state index contributed by atoms with van der Waals surface area (Å²) >= 11 is 0. The molecule has 0 aliphatic carbocycles. The first kappa shape index (κ1) is 19.2. The van der Waals surface area contributed by atoms with Gasteiger partial charge < -0.3 is 20.1 Å². The van der Waals surface area contributed by atoms with E-state index in [1.54, 1.807) is 6.92 Å². The van der Waals surface area contributed by atoms with Crippen molar-refractivity contribution < 1.29 is 33.0 Å². The fraction of sp³-hybridized carbons (Fsp3) is 0.368. The molecule has 2 saturated heterocycles. The first-order valence-electron chi connectivity index (χ1n) is 9.00. The third-order valence-electron chi connectivity index (χ3n) is 5.08. The van der Waals surface area contributed by atoms with Crippen molar-refractivity contribution in [1.82, 2.24) is 10.2 Å². The number of fused-ring (bicyclic) bond motifs is 2. The number of amides is 2. The highest BCUT2D eigenvalue weighted by Gasteiger charge is 2.48. The van der Waals surface area contributed by atoms with Gasteiger partial charge in [0.15, 0.2) is 11.5 Å². The van der Waals surface area contributed by atoms with Crippen LogP contribution in [0.25, 0.3) is 0 Å². The van der Waals surface area contributed by atoms with Crippen molar-refractivity contribution in [2.45, 2.75) is 38.3 Å². The number of aliphatic hydroxyl groups excluding tert-OH is 1. The number of halogens is 2. The molecule has 8 nitrogen and oxygen atoms in total. The minimum absolute atomic E-state index is 0.0147. The molecule has 152 valence electrons. The van der Waals surface area contributed by atoms with Gasteiger partial charge in [0.2, 0.25) is 0 Å². The van der Waals surface area contributed by atoms with Crippen molar-refractivity contribution in [2.24, 2.45) is 4.99 Å². The molecule has 0 saturated carbocycles. The highest BCUT2D eigenvalue weighted by Crippen LogP contribution is 2.34. The number of benzene rings is 1. The van der Waals surface area contributed by atoms with Gasteiger partial charge in [-0.05, 0) is 13.0 Å². The minimum atomic E-state index is -1.08. The number of dihydropyridines is 1. The zero-order valence-corrected chi connectivity index (χ0v) is 15.3. The Morgan fingerprint density at radius 2 is 2.14 bits per heavy atom. The third kappa shape index (κ3) is 3.29. The molecule has 0 aromatic heterocycles. The van der Waals surface area contributed by atoms with Crippen molar-refractivity contribution in [3.63, 3.8) is 0 Å². The molecule has 4 rings (SSSR count). The van der Waals surface area contributed by atoms with E-state index < -0.39 is 53.0 Å². The predicted molar refractivity (Wildman–Crippen MR) is 94.8 cm³/mol. The quantitative estimate of drug-likeness (QED) is 0.772. The number of nitrogens with one attached hydrogen (secondary N) is 1. The Hall–Kier alpha value is -3.14. The van der Waals surface area contributed by atoms with Crippen LogP contribution in [0.5, 0.6) is 0 Å². The Bertz CT molecular complexity index is 990. The lowest BCUT2D eigenvalue weighted by Crippen LogP contribution is -2.50. The number of carbonyl (C=O) groups excluding carboxylic acids is 3. The Labute approximate surface area is 163 Å². The van der Waals surface area contributed by atoms with E-state index in [0.29, 0.717) is 12.6 Å². The van der Waals surface area contributed by atoms with Crippen LogP contribution in [0, 0.1) is 11.6 Å². The average molecular weight is 405 g/mol. The van der Waals surface area contributed by atoms with Crippen molar-refractivity contribution >= 4 is 23.3 Å². The molecular weight excluding hydrogens is 388 g/mol. The maximum absolute atomic E-state index is 13.7. The summed E-state index contributed by atoms with van der Waals surface area (Å²) in [5.74, 6) is -4.97. The Balaban J connectivity index is 1.54. The summed E-state index contributed by atoms with van der Waals surface area (Å²) in [6.45, 7) is 1.82. The number of ether oxygens (including phenoxy) is 1. The smallest absolute Gasteiger partial charge is 0.273 e. The van der Waals surface area contributed by atoms with Crippen molar-refractivity contribution in [1.29, 1.82) is 0 Å². The van der Waals surface area contributed by atoms with Gasteiger partial charge >= 0.3 is 0 Å². The zero-order chi connectivity index (χ0) is 20.9. The van der Waals surface area contributed by atoms with Gasteiger partial charge in [-0.25, -0.2) is 8.78 Å². The Morgan fingerprint density at radius 3 is 2.86 bits per heavy atom. The molecule has 3 aliphatic rings. The molecule has 2 N–H and O–H groups in total. The highest BCUT2D eigenvalue weighted by molar-refractivity contribution is 6.69. The molecule has 0 bridgehead atoms. The molecule has 1 aromatic rings. The molecule has 0 spiro atoms. The number of rotatable bonds is 3. The van der Waals surface area contributed by atoms with Crippen molar-refractivity contribution in [3.8, 4) is 0 Å². The van der Waals surface area contributed by atoms with E-state index in [0.717, 1.165) is 12.1 Å². The SMILES string of the molecule is C[C@@H]1CN2C(=O)C3=C(O)C(=O)C(C(=O)NCc4ccc(F)cc4F)=NC3CC2O1. The van der Waals surface area contributed by atoms with E-state index >= 15 is 0 Å². The molecule has 2 amide bonds. The molecule has 0 radical (unpaired) electrons. The second kappa shape index (κ2) is 7.03. The van der Waals surface area contributed by atoms with Gasteiger partial charge in [-0.15, -0.1) is 0 Å². The van der Waals surface area contributed by atoms with E-state index in [9.17, 15) is 28.3 Å². The zero-order valence-electron chi connectivity index (χ0n) is 15.3. The van der Waals surface area contributed by atoms with Crippen molar-refractivity contribution in [2.75, 3.05) is 6.54 Å². The van der Waals surface area contributed by atoms with E-state index in [1.807, 2.05) is 0 Å². The lowest BCUT2D eigenvalue weighted by Gasteiger charge is -2.35. The Kier molecular flexibility index (Phi) is 4.65. The number of hydrogen-bond donors (Lipinski definition) is 2. The molecule has 2 fully saturated rings. The van der Waals surface area contributed by atoms with Gasteiger partial charge in [0.05, 0.1) is 17.7 Å². The molecule has 2 unspecified atom stereocenters. The lowest BCUT2D eigenvalue weighted by atomic mass is 9.90. The summed E-state index contributed by atoms with van der Waals surface area (Å²) in [6.07, 6.45) is -0.542. The van der Waals surface area contributed by atoms with Crippen LogP contribution in [-0.2, 0) is 25.7 Å². The second-order valence-corrected chi connectivity index (χ2v) is 7.10. The number of piperidine rings is 1. The molecule has 29 heavy (non-hydrogen) atoms. The van der Waals surface area contributed by atoms with Crippen LogP contribution < -0.4 is 5.32 Å². The summed E-state index contributed by atoms with van der Waals surface area (Å²) in [4.78, 5) is 43.0. The molecule has 3 heterocycles. The van der Waals surface area contributed by atoms with Gasteiger partial charge in [-0.1, -0.05) is 6.07 Å². The first-order chi connectivity index (χ1) is 13.8.